The minimum absolute atomic E-state index is 0.149. The number of H-pyrrole nitrogens is 2. The van der Waals surface area contributed by atoms with Crippen molar-refractivity contribution in [3.05, 3.63) is 96.2 Å². The molecule has 8 nitrogen and oxygen atoms in total. The fraction of sp³-hybridized carbons (Fsp3) is 0.0385. The van der Waals surface area contributed by atoms with Crippen molar-refractivity contribution in [2.45, 2.75) is 6.04 Å². The number of hydrogen-bond acceptors (Lipinski definition) is 5. The van der Waals surface area contributed by atoms with E-state index < -0.39 is 0 Å². The molecule has 34 heavy (non-hydrogen) atoms. The van der Waals surface area contributed by atoms with Crippen molar-refractivity contribution >= 4 is 28.1 Å². The number of nitrogens with zero attached hydrogens (tertiary/aromatic N) is 4. The van der Waals surface area contributed by atoms with Crippen molar-refractivity contribution in [3.8, 4) is 22.5 Å². The van der Waals surface area contributed by atoms with Crippen LogP contribution in [0.1, 0.15) is 27.5 Å². The van der Waals surface area contributed by atoms with E-state index in [0.29, 0.717) is 16.9 Å². The van der Waals surface area contributed by atoms with Crippen LogP contribution in [0.3, 0.4) is 0 Å². The number of nitrogens with one attached hydrogen (secondary N) is 3. The molecule has 0 bridgehead atoms. The molecule has 162 valence electrons. The largest absolute Gasteiger partial charge is 0.346 e. The molecule has 7 rings (SSSR count). The van der Waals surface area contributed by atoms with Crippen LogP contribution in [-0.2, 0) is 0 Å². The summed E-state index contributed by atoms with van der Waals surface area (Å²) >= 11 is 0. The summed E-state index contributed by atoms with van der Waals surface area (Å²) < 4.78 is 0. The predicted molar refractivity (Wildman–Crippen MR) is 128 cm³/mol. The summed E-state index contributed by atoms with van der Waals surface area (Å²) in [6, 6.07) is 17.6. The standard InChI is InChI=1S/C26H17N7O/c34-26(17-9-11-29-23-16(17)8-10-28-23)32-22-15-5-2-1-4-14(15)21-18(22)6-3-7-19(21)24-31-20-12-27-13-30-25(20)33-24/h1-13,22H,(H,28,29)(H,32,34)(H,27,30,31,33). The number of rotatable bonds is 3. The molecule has 0 saturated heterocycles. The molecule has 0 saturated carbocycles. The van der Waals surface area contributed by atoms with Gasteiger partial charge in [0.15, 0.2) is 5.65 Å². The number of carbonyl (C=O) groups excluding carboxylic acids is 1. The highest BCUT2D eigenvalue weighted by Gasteiger charge is 2.32. The number of aromatic amines is 2. The van der Waals surface area contributed by atoms with Gasteiger partial charge in [-0.25, -0.2) is 19.9 Å². The first kappa shape index (κ1) is 18.7. The number of amides is 1. The third-order valence-corrected chi connectivity index (χ3v) is 6.35. The van der Waals surface area contributed by atoms with Crippen molar-refractivity contribution < 1.29 is 4.79 Å². The zero-order chi connectivity index (χ0) is 22.6. The van der Waals surface area contributed by atoms with Crippen LogP contribution in [0.25, 0.3) is 44.7 Å². The van der Waals surface area contributed by atoms with E-state index >= 15 is 0 Å². The van der Waals surface area contributed by atoms with Gasteiger partial charge in [-0.05, 0) is 34.4 Å². The third kappa shape index (κ3) is 2.69. The number of carbonyl (C=O) groups is 1. The lowest BCUT2D eigenvalue weighted by molar-refractivity contribution is 0.0945. The van der Waals surface area contributed by atoms with Crippen LogP contribution < -0.4 is 5.32 Å². The molecule has 1 amide bonds. The molecule has 0 aliphatic heterocycles. The van der Waals surface area contributed by atoms with E-state index in [-0.39, 0.29) is 11.9 Å². The Morgan fingerprint density at radius 2 is 1.82 bits per heavy atom. The molecule has 8 heteroatoms. The summed E-state index contributed by atoms with van der Waals surface area (Å²) in [5.41, 5.74) is 7.83. The second-order valence-corrected chi connectivity index (χ2v) is 8.21. The van der Waals surface area contributed by atoms with Crippen LogP contribution in [0.5, 0.6) is 0 Å². The minimum Gasteiger partial charge on any atom is -0.346 e. The van der Waals surface area contributed by atoms with Gasteiger partial charge in [-0.2, -0.15) is 0 Å². The Morgan fingerprint density at radius 1 is 0.941 bits per heavy atom. The van der Waals surface area contributed by atoms with Gasteiger partial charge in [-0.15, -0.1) is 0 Å². The summed E-state index contributed by atoms with van der Waals surface area (Å²) in [5, 5.41) is 4.06. The second-order valence-electron chi connectivity index (χ2n) is 8.21. The Morgan fingerprint density at radius 3 is 2.76 bits per heavy atom. The molecular formula is C26H17N7O. The average molecular weight is 443 g/mol. The predicted octanol–water partition coefficient (Wildman–Crippen LogP) is 4.40. The van der Waals surface area contributed by atoms with Crippen molar-refractivity contribution in [1.82, 2.24) is 35.2 Å². The molecule has 1 atom stereocenters. The molecule has 0 spiro atoms. The Labute approximate surface area is 193 Å². The van der Waals surface area contributed by atoms with E-state index in [1.165, 1.54) is 6.33 Å². The lowest BCUT2D eigenvalue weighted by Crippen LogP contribution is -2.28. The van der Waals surface area contributed by atoms with Gasteiger partial charge in [0, 0.05) is 23.3 Å². The van der Waals surface area contributed by atoms with Gasteiger partial charge < -0.3 is 15.3 Å². The first-order valence-corrected chi connectivity index (χ1v) is 10.9. The normalized spacial score (nSPS) is 14.3. The molecule has 3 N–H and O–H groups in total. The van der Waals surface area contributed by atoms with Crippen LogP contribution in [0.15, 0.2) is 79.5 Å². The van der Waals surface area contributed by atoms with Crippen LogP contribution >= 0.6 is 0 Å². The zero-order valence-electron chi connectivity index (χ0n) is 17.8. The van der Waals surface area contributed by atoms with Crippen LogP contribution in [0, 0.1) is 0 Å². The summed E-state index contributed by atoms with van der Waals surface area (Å²) in [4.78, 5) is 37.1. The Balaban J connectivity index is 1.36. The van der Waals surface area contributed by atoms with E-state index in [0.717, 1.165) is 44.5 Å². The van der Waals surface area contributed by atoms with Crippen molar-refractivity contribution in [2.24, 2.45) is 0 Å². The van der Waals surface area contributed by atoms with Gasteiger partial charge in [0.05, 0.1) is 17.8 Å². The highest BCUT2D eigenvalue weighted by Crippen LogP contribution is 2.47. The lowest BCUT2D eigenvalue weighted by Gasteiger charge is -2.16. The molecule has 1 unspecified atom stereocenters. The van der Waals surface area contributed by atoms with Crippen LogP contribution in [-0.4, -0.2) is 35.8 Å². The number of benzene rings is 2. The topological polar surface area (TPSA) is 112 Å². The van der Waals surface area contributed by atoms with Gasteiger partial charge in [0.2, 0.25) is 0 Å². The molecule has 1 aliphatic carbocycles. The zero-order valence-corrected chi connectivity index (χ0v) is 17.8. The SMILES string of the molecule is O=C(NC1c2ccccc2-c2c(-c3nc4ncncc4[nH]3)cccc21)c1ccnc2[nH]ccc12. The van der Waals surface area contributed by atoms with Gasteiger partial charge in [-0.1, -0.05) is 42.5 Å². The highest BCUT2D eigenvalue weighted by molar-refractivity contribution is 6.06. The summed E-state index contributed by atoms with van der Waals surface area (Å²) in [6.07, 6.45) is 6.64. The third-order valence-electron chi connectivity index (χ3n) is 6.35. The van der Waals surface area contributed by atoms with Crippen LogP contribution in [0.2, 0.25) is 0 Å². The maximum absolute atomic E-state index is 13.4. The summed E-state index contributed by atoms with van der Waals surface area (Å²) in [7, 11) is 0. The Kier molecular flexibility index (Phi) is 3.89. The van der Waals surface area contributed by atoms with Gasteiger partial charge in [0.25, 0.3) is 5.91 Å². The average Bonchev–Trinajstić information content (AvgIpc) is 3.60. The molecule has 0 fully saturated rings. The summed E-state index contributed by atoms with van der Waals surface area (Å²) in [6.45, 7) is 0. The minimum atomic E-state index is -0.287. The summed E-state index contributed by atoms with van der Waals surface area (Å²) in [5.74, 6) is 0.571. The molecular weight excluding hydrogens is 426 g/mol. The first-order chi connectivity index (χ1) is 16.8. The number of hydrogen-bond donors (Lipinski definition) is 3. The van der Waals surface area contributed by atoms with Crippen molar-refractivity contribution in [2.75, 3.05) is 0 Å². The van der Waals surface area contributed by atoms with E-state index in [2.05, 4.69) is 48.4 Å². The van der Waals surface area contributed by atoms with Crippen molar-refractivity contribution in [1.29, 1.82) is 0 Å². The molecule has 2 aromatic carbocycles. The number of pyridine rings is 1. The Bertz CT molecular complexity index is 1700. The number of imidazole rings is 1. The quantitative estimate of drug-likeness (QED) is 0.375. The number of aromatic nitrogens is 6. The number of fused-ring (bicyclic) bond motifs is 5. The van der Waals surface area contributed by atoms with Gasteiger partial charge in [0.1, 0.15) is 23.3 Å². The maximum Gasteiger partial charge on any atom is 0.252 e. The van der Waals surface area contributed by atoms with E-state index in [4.69, 9.17) is 4.98 Å². The molecule has 4 heterocycles. The first-order valence-electron chi connectivity index (χ1n) is 10.9. The fourth-order valence-corrected chi connectivity index (χ4v) is 4.87. The van der Waals surface area contributed by atoms with Crippen LogP contribution in [0.4, 0.5) is 0 Å². The molecule has 1 aliphatic rings. The molecule has 0 radical (unpaired) electrons. The molecule has 6 aromatic rings. The van der Waals surface area contributed by atoms with E-state index in [1.807, 2.05) is 30.3 Å². The molecule has 4 aromatic heterocycles. The lowest BCUT2D eigenvalue weighted by atomic mass is 9.98. The highest BCUT2D eigenvalue weighted by atomic mass is 16.1. The maximum atomic E-state index is 13.4. The second kappa shape index (κ2) is 7.08. The fourth-order valence-electron chi connectivity index (χ4n) is 4.87. The van der Waals surface area contributed by atoms with E-state index in [1.54, 1.807) is 24.7 Å². The monoisotopic (exact) mass is 443 g/mol. The Hall–Kier alpha value is -4.85. The van der Waals surface area contributed by atoms with Crippen molar-refractivity contribution in [3.63, 3.8) is 0 Å². The van der Waals surface area contributed by atoms with Gasteiger partial charge in [-0.3, -0.25) is 4.79 Å². The van der Waals surface area contributed by atoms with Gasteiger partial charge >= 0.3 is 0 Å². The smallest absolute Gasteiger partial charge is 0.252 e. The van der Waals surface area contributed by atoms with E-state index in [9.17, 15) is 4.79 Å².